The monoisotopic (exact) mass is 447 g/mol. The van der Waals surface area contributed by atoms with Crippen LogP contribution in [0, 0.1) is 5.92 Å². The number of ether oxygens (including phenoxy) is 1. The predicted octanol–water partition coefficient (Wildman–Crippen LogP) is 3.98. The third-order valence-electron chi connectivity index (χ3n) is 5.94. The number of rotatable bonds is 7. The molecule has 172 valence electrons. The van der Waals surface area contributed by atoms with Gasteiger partial charge in [0.1, 0.15) is 6.61 Å². The molecule has 0 spiro atoms. The number of carbonyl (C=O) groups is 2. The summed E-state index contributed by atoms with van der Waals surface area (Å²) in [7, 11) is 4.08. The lowest BCUT2D eigenvalue weighted by Gasteiger charge is -2.35. The summed E-state index contributed by atoms with van der Waals surface area (Å²) in [6.07, 6.45) is 5.67. The van der Waals surface area contributed by atoms with E-state index in [1.807, 2.05) is 62.6 Å². The summed E-state index contributed by atoms with van der Waals surface area (Å²) in [5.74, 6) is 0.255. The molecule has 1 heterocycles. The first kappa shape index (κ1) is 22.7. The second-order valence-electron chi connectivity index (χ2n) is 8.92. The number of hydrogen-bond donors (Lipinski definition) is 2. The summed E-state index contributed by atoms with van der Waals surface area (Å²) in [6.45, 7) is 2.60. The Balaban J connectivity index is 1.40. The molecule has 2 aliphatic rings. The highest BCUT2D eigenvalue weighted by Crippen LogP contribution is 2.46. The smallest absolute Gasteiger partial charge is 0.407 e. The van der Waals surface area contributed by atoms with Crippen molar-refractivity contribution in [2.75, 3.05) is 26.0 Å². The van der Waals surface area contributed by atoms with Crippen LogP contribution in [0.3, 0.4) is 0 Å². The second-order valence-corrected chi connectivity index (χ2v) is 8.92. The number of nitrogens with one attached hydrogen (secondary N) is 2. The number of anilines is 1. The van der Waals surface area contributed by atoms with Crippen LogP contribution < -0.4 is 10.6 Å². The largest absolute Gasteiger partial charge is 0.445 e. The van der Waals surface area contributed by atoms with Gasteiger partial charge in [-0.15, -0.1) is 0 Å². The van der Waals surface area contributed by atoms with Crippen LogP contribution in [-0.2, 0) is 16.1 Å². The molecule has 1 aliphatic carbocycles. The summed E-state index contributed by atoms with van der Waals surface area (Å²) in [5, 5.41) is 5.86. The van der Waals surface area contributed by atoms with Crippen LogP contribution in [0.2, 0.25) is 0 Å². The predicted molar refractivity (Wildman–Crippen MR) is 130 cm³/mol. The standard InChI is InChI=1S/C26H30N4O3/c1-18(31)27-21-9-10-25-23(15-21)24(16-30(25)12-11-29(2)3)20-13-22(14-20)28-26(32)33-17-19-7-5-4-6-8-19/h4-10,12,15-16,20,22H,11,13-14,17H2,1-3H3,(H-,27,28,31,32)/p+1. The number of carbonyl (C=O) groups excluding carboxylic acids is 2. The van der Waals surface area contributed by atoms with E-state index in [0.717, 1.165) is 41.9 Å². The molecule has 0 aromatic heterocycles. The molecule has 0 atom stereocenters. The quantitative estimate of drug-likeness (QED) is 0.630. The van der Waals surface area contributed by atoms with Gasteiger partial charge >= 0.3 is 6.09 Å². The van der Waals surface area contributed by atoms with E-state index >= 15 is 0 Å². The van der Waals surface area contributed by atoms with Gasteiger partial charge in [0.2, 0.25) is 11.6 Å². The van der Waals surface area contributed by atoms with Gasteiger partial charge in [-0.3, -0.25) is 4.79 Å². The fourth-order valence-corrected chi connectivity index (χ4v) is 4.21. The summed E-state index contributed by atoms with van der Waals surface area (Å²) in [5.41, 5.74) is 5.24. The number of fused-ring (bicyclic) bond motifs is 1. The molecule has 0 saturated heterocycles. The molecule has 1 fully saturated rings. The Morgan fingerprint density at radius 3 is 2.61 bits per heavy atom. The Morgan fingerprint density at radius 2 is 1.91 bits per heavy atom. The Kier molecular flexibility index (Phi) is 6.89. The van der Waals surface area contributed by atoms with Gasteiger partial charge in [-0.1, -0.05) is 30.3 Å². The maximum atomic E-state index is 12.2. The molecule has 2 N–H and O–H groups in total. The fraction of sp³-hybridized carbons (Fsp3) is 0.346. The lowest BCUT2D eigenvalue weighted by Crippen LogP contribution is -2.44. The van der Waals surface area contributed by atoms with E-state index in [9.17, 15) is 9.59 Å². The molecule has 2 aromatic rings. The zero-order valence-electron chi connectivity index (χ0n) is 19.4. The lowest BCUT2D eigenvalue weighted by atomic mass is 9.74. The molecule has 2 aromatic carbocycles. The second kappa shape index (κ2) is 10.0. The molecule has 0 unspecified atom stereocenters. The summed E-state index contributed by atoms with van der Waals surface area (Å²) in [4.78, 5) is 25.8. The van der Waals surface area contributed by atoms with Crippen LogP contribution >= 0.6 is 0 Å². The van der Waals surface area contributed by atoms with E-state index in [1.54, 1.807) is 0 Å². The number of hydrogen-bond acceptors (Lipinski definition) is 4. The topological polar surface area (TPSA) is 73.7 Å². The van der Waals surface area contributed by atoms with Crippen molar-refractivity contribution in [1.82, 2.24) is 10.2 Å². The summed E-state index contributed by atoms with van der Waals surface area (Å²) < 4.78 is 7.52. The number of allylic oxidation sites excluding steroid dienone is 1. The average molecular weight is 448 g/mol. The number of alkyl carbamates (subject to hydrolysis) is 1. The van der Waals surface area contributed by atoms with Gasteiger partial charge in [0.25, 0.3) is 0 Å². The van der Waals surface area contributed by atoms with Crippen LogP contribution in [-0.4, -0.2) is 54.4 Å². The van der Waals surface area contributed by atoms with Gasteiger partial charge in [0.05, 0.1) is 12.1 Å². The summed E-state index contributed by atoms with van der Waals surface area (Å²) >= 11 is 0. The van der Waals surface area contributed by atoms with Crippen LogP contribution in [0.4, 0.5) is 16.2 Å². The van der Waals surface area contributed by atoms with Gasteiger partial charge < -0.3 is 20.3 Å². The Labute approximate surface area is 194 Å². The molecular weight excluding hydrogens is 416 g/mol. The molecule has 33 heavy (non-hydrogen) atoms. The minimum Gasteiger partial charge on any atom is -0.445 e. The number of benzene rings is 2. The first-order valence-corrected chi connectivity index (χ1v) is 11.3. The number of nitrogens with zero attached hydrogens (tertiary/aromatic N) is 2. The maximum Gasteiger partial charge on any atom is 0.407 e. The minimum absolute atomic E-state index is 0.0866. The molecular formula is C26H31N4O3+. The molecule has 7 heteroatoms. The van der Waals surface area contributed by atoms with Crippen LogP contribution in [0.15, 0.2) is 54.7 Å². The lowest BCUT2D eigenvalue weighted by molar-refractivity contribution is -0.351. The van der Waals surface area contributed by atoms with E-state index < -0.39 is 0 Å². The zero-order chi connectivity index (χ0) is 23.4. The normalized spacial score (nSPS) is 20.1. The van der Waals surface area contributed by atoms with E-state index in [-0.39, 0.29) is 24.6 Å². The maximum absolute atomic E-state index is 12.2. The van der Waals surface area contributed by atoms with Gasteiger partial charge in [0.15, 0.2) is 12.4 Å². The van der Waals surface area contributed by atoms with E-state index in [1.165, 1.54) is 12.5 Å². The van der Waals surface area contributed by atoms with E-state index in [2.05, 4.69) is 32.5 Å². The highest BCUT2D eigenvalue weighted by Gasteiger charge is 2.39. The van der Waals surface area contributed by atoms with Crippen molar-refractivity contribution in [3.63, 3.8) is 0 Å². The molecule has 7 nitrogen and oxygen atoms in total. The Morgan fingerprint density at radius 1 is 1.15 bits per heavy atom. The van der Waals surface area contributed by atoms with E-state index in [4.69, 9.17) is 4.74 Å². The van der Waals surface area contributed by atoms with Gasteiger partial charge in [-0.05, 0) is 50.6 Å². The third kappa shape index (κ3) is 5.68. The van der Waals surface area contributed by atoms with Crippen molar-refractivity contribution in [3.8, 4) is 0 Å². The highest BCUT2D eigenvalue weighted by atomic mass is 16.5. The Bertz CT molecular complexity index is 1090. The molecule has 2 amide bonds. The first-order chi connectivity index (χ1) is 15.9. The first-order valence-electron chi connectivity index (χ1n) is 11.3. The number of amides is 2. The van der Waals surface area contributed by atoms with E-state index in [0.29, 0.717) is 5.92 Å². The molecule has 4 rings (SSSR count). The molecule has 0 bridgehead atoms. The SMILES string of the molecule is CC(=O)Nc1ccc2c(c1)C(C1CC(NC(=O)OCc3ccccc3)C1)=C[N+]2=CCN(C)C. The van der Waals surface area contributed by atoms with Crippen molar-refractivity contribution >= 4 is 35.2 Å². The zero-order valence-corrected chi connectivity index (χ0v) is 19.4. The fourth-order valence-electron chi connectivity index (χ4n) is 4.21. The summed E-state index contributed by atoms with van der Waals surface area (Å²) in [6, 6.07) is 15.8. The van der Waals surface area contributed by atoms with Crippen molar-refractivity contribution in [2.24, 2.45) is 5.92 Å². The van der Waals surface area contributed by atoms with Crippen molar-refractivity contribution in [2.45, 2.75) is 32.4 Å². The molecule has 1 saturated carbocycles. The molecule has 0 radical (unpaired) electrons. The van der Waals surface area contributed by atoms with Crippen LogP contribution in [0.1, 0.15) is 30.9 Å². The average Bonchev–Trinajstić information content (AvgIpc) is 3.10. The van der Waals surface area contributed by atoms with Crippen molar-refractivity contribution in [1.29, 1.82) is 0 Å². The van der Waals surface area contributed by atoms with Gasteiger partial charge in [-0.25, -0.2) is 4.79 Å². The van der Waals surface area contributed by atoms with Crippen LogP contribution in [0.25, 0.3) is 5.57 Å². The highest BCUT2D eigenvalue weighted by molar-refractivity contribution is 5.91. The van der Waals surface area contributed by atoms with Crippen molar-refractivity contribution in [3.05, 3.63) is 65.9 Å². The minimum atomic E-state index is -0.378. The third-order valence-corrected chi connectivity index (χ3v) is 5.94. The van der Waals surface area contributed by atoms with Gasteiger partial charge in [0, 0.05) is 30.3 Å². The Hall–Kier alpha value is -3.45. The molecule has 1 aliphatic heterocycles. The van der Waals surface area contributed by atoms with Crippen LogP contribution in [0.5, 0.6) is 0 Å². The van der Waals surface area contributed by atoms with Gasteiger partial charge in [-0.2, -0.15) is 4.58 Å². The van der Waals surface area contributed by atoms with Crippen molar-refractivity contribution < 1.29 is 18.9 Å².